The van der Waals surface area contributed by atoms with E-state index in [9.17, 15) is 0 Å². The lowest BCUT2D eigenvalue weighted by molar-refractivity contribution is 0.298. The van der Waals surface area contributed by atoms with Crippen LogP contribution in [0.3, 0.4) is 0 Å². The van der Waals surface area contributed by atoms with Crippen LogP contribution in [0, 0.1) is 0 Å². The zero-order valence-electron chi connectivity index (χ0n) is 7.56. The van der Waals surface area contributed by atoms with Gasteiger partial charge in [-0.15, -0.1) is 10.2 Å². The van der Waals surface area contributed by atoms with E-state index in [1.165, 1.54) is 25.7 Å². The van der Waals surface area contributed by atoms with E-state index in [0.717, 1.165) is 12.1 Å². The van der Waals surface area contributed by atoms with Gasteiger partial charge in [0.1, 0.15) is 12.7 Å². The molecule has 2 saturated heterocycles. The van der Waals surface area contributed by atoms with Gasteiger partial charge in [0.05, 0.1) is 0 Å². The Kier molecular flexibility index (Phi) is 1.62. The van der Waals surface area contributed by atoms with E-state index in [0.29, 0.717) is 6.04 Å². The van der Waals surface area contributed by atoms with Crippen molar-refractivity contribution in [2.45, 2.75) is 43.8 Å². The lowest BCUT2D eigenvalue weighted by Gasteiger charge is -2.29. The van der Waals surface area contributed by atoms with Gasteiger partial charge in [-0.2, -0.15) is 0 Å². The van der Waals surface area contributed by atoms with Gasteiger partial charge in [0.25, 0.3) is 0 Å². The number of nitrogens with zero attached hydrogens (tertiary/aromatic N) is 3. The molecule has 2 atom stereocenters. The standard InChI is InChI=1S/C9H14N4/c1-2-8-4-9(3-7(1)12-8)13-5-10-11-6-13/h5-9,12H,1-4H2. The lowest BCUT2D eigenvalue weighted by Crippen LogP contribution is -2.38. The smallest absolute Gasteiger partial charge is 0.119 e. The van der Waals surface area contributed by atoms with E-state index in [1.54, 1.807) is 0 Å². The Morgan fingerprint density at radius 2 is 1.69 bits per heavy atom. The van der Waals surface area contributed by atoms with Gasteiger partial charge in [-0.3, -0.25) is 0 Å². The third-order valence-electron chi connectivity index (χ3n) is 3.31. The Bertz CT molecular complexity index is 270. The summed E-state index contributed by atoms with van der Waals surface area (Å²) >= 11 is 0. The van der Waals surface area contributed by atoms with Crippen molar-refractivity contribution in [3.05, 3.63) is 12.7 Å². The molecule has 2 fully saturated rings. The molecule has 2 bridgehead atoms. The van der Waals surface area contributed by atoms with Crippen LogP contribution in [0.2, 0.25) is 0 Å². The van der Waals surface area contributed by atoms with Gasteiger partial charge < -0.3 is 9.88 Å². The average molecular weight is 178 g/mol. The fourth-order valence-electron chi connectivity index (χ4n) is 2.67. The molecule has 1 aromatic rings. The molecule has 2 unspecified atom stereocenters. The SMILES string of the molecule is c1nncn1C1CC2CCC(C1)N2. The molecule has 0 spiro atoms. The van der Waals surface area contributed by atoms with Crippen LogP contribution < -0.4 is 5.32 Å². The number of hydrogen-bond donors (Lipinski definition) is 1. The van der Waals surface area contributed by atoms with Crippen LogP contribution in [-0.2, 0) is 0 Å². The van der Waals surface area contributed by atoms with Crippen molar-refractivity contribution in [2.75, 3.05) is 0 Å². The maximum Gasteiger partial charge on any atom is 0.119 e. The number of hydrogen-bond acceptors (Lipinski definition) is 3. The number of nitrogens with one attached hydrogen (secondary N) is 1. The first kappa shape index (κ1) is 7.50. The van der Waals surface area contributed by atoms with E-state index >= 15 is 0 Å². The van der Waals surface area contributed by atoms with E-state index < -0.39 is 0 Å². The summed E-state index contributed by atoms with van der Waals surface area (Å²) in [7, 11) is 0. The summed E-state index contributed by atoms with van der Waals surface area (Å²) in [4.78, 5) is 0. The predicted octanol–water partition coefficient (Wildman–Crippen LogP) is 0.734. The minimum atomic E-state index is 0.633. The second-order valence-electron chi connectivity index (χ2n) is 4.17. The summed E-state index contributed by atoms with van der Waals surface area (Å²) in [6, 6.07) is 2.12. The Hall–Kier alpha value is -0.900. The molecule has 1 N–H and O–H groups in total. The molecule has 1 aromatic heterocycles. The summed E-state index contributed by atoms with van der Waals surface area (Å²) in [6.45, 7) is 0. The molecule has 0 radical (unpaired) electrons. The first-order valence-electron chi connectivity index (χ1n) is 5.02. The van der Waals surface area contributed by atoms with Crippen LogP contribution in [0.25, 0.3) is 0 Å². The lowest BCUT2D eigenvalue weighted by atomic mass is 10.00. The first-order valence-corrected chi connectivity index (χ1v) is 5.02. The summed E-state index contributed by atoms with van der Waals surface area (Å²) < 4.78 is 2.16. The van der Waals surface area contributed by atoms with Crippen molar-refractivity contribution in [3.8, 4) is 0 Å². The van der Waals surface area contributed by atoms with Crippen LogP contribution >= 0.6 is 0 Å². The van der Waals surface area contributed by atoms with Gasteiger partial charge >= 0.3 is 0 Å². The monoisotopic (exact) mass is 178 g/mol. The van der Waals surface area contributed by atoms with Crippen LogP contribution in [0.15, 0.2) is 12.7 Å². The van der Waals surface area contributed by atoms with E-state index in [-0.39, 0.29) is 0 Å². The molecule has 13 heavy (non-hydrogen) atoms. The van der Waals surface area contributed by atoms with Gasteiger partial charge in [0.15, 0.2) is 0 Å². The van der Waals surface area contributed by atoms with E-state index in [1.807, 2.05) is 12.7 Å². The van der Waals surface area contributed by atoms with Gasteiger partial charge in [0.2, 0.25) is 0 Å². The van der Waals surface area contributed by atoms with E-state index in [2.05, 4.69) is 20.1 Å². The van der Waals surface area contributed by atoms with Crippen molar-refractivity contribution >= 4 is 0 Å². The molecule has 2 aliphatic rings. The maximum atomic E-state index is 3.86. The third kappa shape index (κ3) is 1.25. The highest BCUT2D eigenvalue weighted by atomic mass is 15.2. The zero-order valence-corrected chi connectivity index (χ0v) is 7.56. The topological polar surface area (TPSA) is 42.7 Å². The average Bonchev–Trinajstić information content (AvgIpc) is 2.75. The van der Waals surface area contributed by atoms with Crippen molar-refractivity contribution < 1.29 is 0 Å². The van der Waals surface area contributed by atoms with E-state index in [4.69, 9.17) is 0 Å². The molecule has 0 saturated carbocycles. The molecule has 3 rings (SSSR count). The summed E-state index contributed by atoms with van der Waals surface area (Å²) in [5.74, 6) is 0. The Morgan fingerprint density at radius 1 is 1.08 bits per heavy atom. The number of fused-ring (bicyclic) bond motifs is 2. The molecule has 2 aliphatic heterocycles. The summed E-state index contributed by atoms with van der Waals surface area (Å²) in [5, 5.41) is 11.3. The second kappa shape index (κ2) is 2.80. The highest BCUT2D eigenvalue weighted by molar-refractivity contribution is 4.94. The van der Waals surface area contributed by atoms with Gasteiger partial charge in [-0.1, -0.05) is 0 Å². The van der Waals surface area contributed by atoms with Crippen LogP contribution in [0.1, 0.15) is 31.7 Å². The summed E-state index contributed by atoms with van der Waals surface area (Å²) in [5.41, 5.74) is 0. The molecule has 70 valence electrons. The maximum absolute atomic E-state index is 3.86. The molecular weight excluding hydrogens is 164 g/mol. The van der Waals surface area contributed by atoms with Gasteiger partial charge in [-0.05, 0) is 25.7 Å². The predicted molar refractivity (Wildman–Crippen MR) is 48.2 cm³/mol. The van der Waals surface area contributed by atoms with Crippen LogP contribution in [-0.4, -0.2) is 26.8 Å². The number of aromatic nitrogens is 3. The first-order chi connectivity index (χ1) is 6.42. The van der Waals surface area contributed by atoms with Crippen molar-refractivity contribution in [1.82, 2.24) is 20.1 Å². The molecular formula is C9H14N4. The normalized spacial score (nSPS) is 38.0. The zero-order chi connectivity index (χ0) is 8.67. The second-order valence-corrected chi connectivity index (χ2v) is 4.17. The minimum Gasteiger partial charge on any atom is -0.317 e. The van der Waals surface area contributed by atoms with Crippen molar-refractivity contribution in [3.63, 3.8) is 0 Å². The third-order valence-corrected chi connectivity index (χ3v) is 3.31. The summed E-state index contributed by atoms with van der Waals surface area (Å²) in [6.07, 6.45) is 8.88. The number of rotatable bonds is 1. The van der Waals surface area contributed by atoms with Gasteiger partial charge in [0, 0.05) is 18.1 Å². The Labute approximate surface area is 77.4 Å². The minimum absolute atomic E-state index is 0.633. The van der Waals surface area contributed by atoms with Crippen LogP contribution in [0.4, 0.5) is 0 Å². The van der Waals surface area contributed by atoms with Crippen molar-refractivity contribution in [2.24, 2.45) is 0 Å². The largest absolute Gasteiger partial charge is 0.317 e. The molecule has 3 heterocycles. The Morgan fingerprint density at radius 3 is 2.31 bits per heavy atom. The molecule has 4 nitrogen and oxygen atoms in total. The Balaban J connectivity index is 1.80. The quantitative estimate of drug-likeness (QED) is 0.689. The van der Waals surface area contributed by atoms with Crippen molar-refractivity contribution in [1.29, 1.82) is 0 Å². The molecule has 0 aromatic carbocycles. The highest BCUT2D eigenvalue weighted by Gasteiger charge is 2.33. The molecule has 0 aliphatic carbocycles. The fraction of sp³-hybridized carbons (Fsp3) is 0.778. The van der Waals surface area contributed by atoms with Gasteiger partial charge in [-0.25, -0.2) is 0 Å². The molecule has 4 heteroatoms. The number of piperidine rings is 1. The fourth-order valence-corrected chi connectivity index (χ4v) is 2.67. The molecule has 0 amide bonds. The van der Waals surface area contributed by atoms with Crippen LogP contribution in [0.5, 0.6) is 0 Å². The highest BCUT2D eigenvalue weighted by Crippen LogP contribution is 2.33.